The summed E-state index contributed by atoms with van der Waals surface area (Å²) in [5.74, 6) is 0.640. The van der Waals surface area contributed by atoms with Gasteiger partial charge in [0.15, 0.2) is 5.75 Å². The molecule has 0 unspecified atom stereocenters. The van der Waals surface area contributed by atoms with Gasteiger partial charge in [-0.2, -0.15) is 0 Å². The van der Waals surface area contributed by atoms with E-state index in [0.717, 1.165) is 12.8 Å². The molecule has 0 saturated heterocycles. The molecule has 64 valence electrons. The number of ether oxygens (including phenoxy) is 1. The Kier molecular flexibility index (Phi) is 1.85. The molecular formula is C9H10ClNO. The summed E-state index contributed by atoms with van der Waals surface area (Å²) >= 11 is 5.90. The smallest absolute Gasteiger partial charge is 0.161 e. The van der Waals surface area contributed by atoms with E-state index in [1.54, 1.807) is 12.1 Å². The topological polar surface area (TPSA) is 35.2 Å². The Balaban J connectivity index is 2.26. The van der Waals surface area contributed by atoms with Gasteiger partial charge >= 0.3 is 0 Å². The lowest BCUT2D eigenvalue weighted by Gasteiger charge is -2.08. The van der Waals surface area contributed by atoms with E-state index in [2.05, 4.69) is 0 Å². The average Bonchev–Trinajstić information content (AvgIpc) is 2.80. The molecule has 0 radical (unpaired) electrons. The summed E-state index contributed by atoms with van der Waals surface area (Å²) in [6.07, 6.45) is 2.57. The minimum Gasteiger partial charge on any atom is -0.487 e. The Morgan fingerprint density at radius 2 is 2.17 bits per heavy atom. The monoisotopic (exact) mass is 183 g/mol. The second-order valence-electron chi connectivity index (χ2n) is 2.98. The van der Waals surface area contributed by atoms with E-state index in [1.165, 1.54) is 0 Å². The van der Waals surface area contributed by atoms with Crippen LogP contribution < -0.4 is 10.5 Å². The molecule has 2 N–H and O–H groups in total. The Morgan fingerprint density at radius 1 is 1.42 bits per heavy atom. The van der Waals surface area contributed by atoms with Crippen LogP contribution in [-0.2, 0) is 0 Å². The van der Waals surface area contributed by atoms with Crippen molar-refractivity contribution in [3.63, 3.8) is 0 Å². The van der Waals surface area contributed by atoms with Crippen LogP contribution in [0.15, 0.2) is 18.2 Å². The fourth-order valence-corrected chi connectivity index (χ4v) is 1.23. The fraction of sp³-hybridized carbons (Fsp3) is 0.333. The minimum absolute atomic E-state index is 0.340. The van der Waals surface area contributed by atoms with Gasteiger partial charge < -0.3 is 10.5 Å². The summed E-state index contributed by atoms with van der Waals surface area (Å²) in [6.45, 7) is 0. The summed E-state index contributed by atoms with van der Waals surface area (Å²) in [5.41, 5.74) is 6.31. The predicted octanol–water partition coefficient (Wildman–Crippen LogP) is 2.46. The van der Waals surface area contributed by atoms with Crippen molar-refractivity contribution in [3.05, 3.63) is 23.2 Å². The number of halogens is 1. The van der Waals surface area contributed by atoms with Gasteiger partial charge in [-0.25, -0.2) is 0 Å². The van der Waals surface area contributed by atoms with Gasteiger partial charge in [0.1, 0.15) is 0 Å². The molecule has 1 aliphatic carbocycles. The van der Waals surface area contributed by atoms with Crippen molar-refractivity contribution in [1.82, 2.24) is 0 Å². The number of anilines is 1. The van der Waals surface area contributed by atoms with Gasteiger partial charge in [-0.05, 0) is 25.0 Å². The van der Waals surface area contributed by atoms with Crippen molar-refractivity contribution in [2.45, 2.75) is 18.9 Å². The highest BCUT2D eigenvalue weighted by atomic mass is 35.5. The molecule has 1 fully saturated rings. The lowest BCUT2D eigenvalue weighted by Crippen LogP contribution is -2.00. The van der Waals surface area contributed by atoms with Crippen molar-refractivity contribution in [2.75, 3.05) is 5.73 Å². The molecule has 3 heteroatoms. The first-order valence-corrected chi connectivity index (χ1v) is 4.36. The third kappa shape index (κ3) is 1.48. The molecule has 0 bridgehead atoms. The van der Waals surface area contributed by atoms with Crippen LogP contribution in [0.1, 0.15) is 12.8 Å². The number of nitrogen functional groups attached to an aromatic ring is 1. The maximum absolute atomic E-state index is 5.90. The zero-order valence-electron chi connectivity index (χ0n) is 6.59. The molecule has 0 heterocycles. The van der Waals surface area contributed by atoms with Crippen molar-refractivity contribution in [3.8, 4) is 5.75 Å². The summed E-state index contributed by atoms with van der Waals surface area (Å²) in [6, 6.07) is 5.40. The largest absolute Gasteiger partial charge is 0.487 e. The highest BCUT2D eigenvalue weighted by Gasteiger charge is 2.25. The highest BCUT2D eigenvalue weighted by molar-refractivity contribution is 6.32. The van der Waals surface area contributed by atoms with Gasteiger partial charge in [0.2, 0.25) is 0 Å². The minimum atomic E-state index is 0.340. The first-order chi connectivity index (χ1) is 5.77. The van der Waals surface area contributed by atoms with Gasteiger partial charge in [-0.15, -0.1) is 0 Å². The lowest BCUT2D eigenvalue weighted by atomic mass is 10.3. The quantitative estimate of drug-likeness (QED) is 0.715. The van der Waals surface area contributed by atoms with E-state index in [0.29, 0.717) is 22.6 Å². The van der Waals surface area contributed by atoms with Gasteiger partial charge in [0, 0.05) is 0 Å². The van der Waals surface area contributed by atoms with Crippen LogP contribution >= 0.6 is 11.6 Å². The summed E-state index contributed by atoms with van der Waals surface area (Å²) in [4.78, 5) is 0. The maximum Gasteiger partial charge on any atom is 0.161 e. The molecule has 0 spiro atoms. The fourth-order valence-electron chi connectivity index (χ4n) is 1.00. The van der Waals surface area contributed by atoms with E-state index in [1.807, 2.05) is 6.07 Å². The standard InChI is InChI=1S/C9H10ClNO/c10-7-2-1-3-8(11)9(7)12-6-4-5-6/h1-3,6H,4-5,11H2. The number of para-hydroxylation sites is 1. The normalized spacial score (nSPS) is 16.1. The average molecular weight is 184 g/mol. The second kappa shape index (κ2) is 2.87. The molecule has 1 aromatic rings. The SMILES string of the molecule is Nc1cccc(Cl)c1OC1CC1. The van der Waals surface area contributed by atoms with Gasteiger partial charge in [-0.1, -0.05) is 17.7 Å². The van der Waals surface area contributed by atoms with E-state index < -0.39 is 0 Å². The molecule has 1 aromatic carbocycles. The Labute approximate surface area is 76.3 Å². The van der Waals surface area contributed by atoms with E-state index in [-0.39, 0.29) is 0 Å². The maximum atomic E-state index is 5.90. The molecule has 0 aromatic heterocycles. The summed E-state index contributed by atoms with van der Waals surface area (Å²) in [5, 5.41) is 0.599. The van der Waals surface area contributed by atoms with Crippen LogP contribution in [0, 0.1) is 0 Å². The second-order valence-corrected chi connectivity index (χ2v) is 3.38. The predicted molar refractivity (Wildman–Crippen MR) is 49.5 cm³/mol. The molecule has 0 atom stereocenters. The number of benzene rings is 1. The van der Waals surface area contributed by atoms with Gasteiger partial charge in [0.05, 0.1) is 16.8 Å². The zero-order chi connectivity index (χ0) is 8.55. The highest BCUT2D eigenvalue weighted by Crippen LogP contribution is 2.35. The lowest BCUT2D eigenvalue weighted by molar-refractivity contribution is 0.305. The number of rotatable bonds is 2. The van der Waals surface area contributed by atoms with Gasteiger partial charge in [-0.3, -0.25) is 0 Å². The molecule has 1 saturated carbocycles. The zero-order valence-corrected chi connectivity index (χ0v) is 7.34. The summed E-state index contributed by atoms with van der Waals surface area (Å²) < 4.78 is 5.53. The van der Waals surface area contributed by atoms with Crippen molar-refractivity contribution in [2.24, 2.45) is 0 Å². The Morgan fingerprint density at radius 3 is 2.75 bits per heavy atom. The molecule has 0 aliphatic heterocycles. The molecular weight excluding hydrogens is 174 g/mol. The molecule has 2 rings (SSSR count). The van der Waals surface area contributed by atoms with Crippen molar-refractivity contribution >= 4 is 17.3 Å². The molecule has 0 amide bonds. The molecule has 2 nitrogen and oxygen atoms in total. The van der Waals surface area contributed by atoms with Crippen LogP contribution in [0.3, 0.4) is 0 Å². The van der Waals surface area contributed by atoms with Crippen LogP contribution in [0.2, 0.25) is 5.02 Å². The Hall–Kier alpha value is -0.890. The first kappa shape index (κ1) is 7.74. The van der Waals surface area contributed by atoms with Crippen molar-refractivity contribution < 1.29 is 4.74 Å². The van der Waals surface area contributed by atoms with Crippen LogP contribution in [0.4, 0.5) is 5.69 Å². The third-order valence-electron chi connectivity index (χ3n) is 1.81. The van der Waals surface area contributed by atoms with E-state index in [4.69, 9.17) is 22.1 Å². The van der Waals surface area contributed by atoms with Gasteiger partial charge in [0.25, 0.3) is 0 Å². The number of nitrogens with two attached hydrogens (primary N) is 1. The number of hydrogen-bond acceptors (Lipinski definition) is 2. The molecule has 12 heavy (non-hydrogen) atoms. The third-order valence-corrected chi connectivity index (χ3v) is 2.10. The van der Waals surface area contributed by atoms with Crippen molar-refractivity contribution in [1.29, 1.82) is 0 Å². The molecule has 1 aliphatic rings. The van der Waals surface area contributed by atoms with Crippen LogP contribution in [-0.4, -0.2) is 6.10 Å². The first-order valence-electron chi connectivity index (χ1n) is 3.98. The van der Waals surface area contributed by atoms with E-state index in [9.17, 15) is 0 Å². The van der Waals surface area contributed by atoms with Crippen LogP contribution in [0.25, 0.3) is 0 Å². The van der Waals surface area contributed by atoms with Crippen LogP contribution in [0.5, 0.6) is 5.75 Å². The summed E-state index contributed by atoms with van der Waals surface area (Å²) in [7, 11) is 0. The number of hydrogen-bond donors (Lipinski definition) is 1. The van der Waals surface area contributed by atoms with E-state index >= 15 is 0 Å². The Bertz CT molecular complexity index is 276.